The Kier molecular flexibility index (Phi) is 5.55. The summed E-state index contributed by atoms with van der Waals surface area (Å²) in [5, 5.41) is 11.4. The summed E-state index contributed by atoms with van der Waals surface area (Å²) >= 11 is 0. The van der Waals surface area contributed by atoms with Crippen LogP contribution in [0.5, 0.6) is 0 Å². The van der Waals surface area contributed by atoms with E-state index in [1.165, 1.54) is 12.1 Å². The highest BCUT2D eigenvalue weighted by Crippen LogP contribution is 2.39. The van der Waals surface area contributed by atoms with Gasteiger partial charge in [0.2, 0.25) is 0 Å². The van der Waals surface area contributed by atoms with Crippen molar-refractivity contribution in [2.24, 2.45) is 5.73 Å². The Hall–Kier alpha value is -4.01. The number of benzene rings is 4. The number of rotatable bonds is 3. The molecule has 0 aliphatic carbocycles. The second-order valence-electron chi connectivity index (χ2n) is 9.96. The van der Waals surface area contributed by atoms with Crippen LogP contribution in [0.25, 0.3) is 33.0 Å². The Morgan fingerprint density at radius 2 is 1.56 bits per heavy atom. The molecule has 2 saturated heterocycles. The summed E-state index contributed by atoms with van der Waals surface area (Å²) in [6.07, 6.45) is 3.66. The largest absolute Gasteiger partial charge is 0.333 e. The summed E-state index contributed by atoms with van der Waals surface area (Å²) in [4.78, 5) is 15.7. The Bertz CT molecular complexity index is 1520. The molecule has 6 rings (SSSR count). The number of hydrogen-bond acceptors (Lipinski definition) is 3. The lowest BCUT2D eigenvalue weighted by Gasteiger charge is -2.38. The fourth-order valence-corrected chi connectivity index (χ4v) is 6.00. The van der Waals surface area contributed by atoms with Crippen LogP contribution < -0.4 is 5.73 Å². The van der Waals surface area contributed by atoms with Crippen molar-refractivity contribution in [2.45, 2.75) is 43.8 Å². The highest BCUT2D eigenvalue weighted by atomic mass is 19.1. The van der Waals surface area contributed by atoms with E-state index < -0.39 is 5.82 Å². The Labute approximate surface area is 209 Å². The van der Waals surface area contributed by atoms with Crippen LogP contribution >= 0.6 is 0 Å². The second kappa shape index (κ2) is 8.89. The molecule has 2 aliphatic rings. The molecule has 36 heavy (non-hydrogen) atoms. The molecule has 0 saturated carbocycles. The average Bonchev–Trinajstić information content (AvgIpc) is 3.18. The zero-order chi connectivity index (χ0) is 24.8. The minimum absolute atomic E-state index is 0.000494. The van der Waals surface area contributed by atoms with Crippen molar-refractivity contribution in [3.8, 4) is 28.3 Å². The number of carbonyl (C=O) groups excluding carboxylic acids is 1. The van der Waals surface area contributed by atoms with E-state index in [-0.39, 0.29) is 29.6 Å². The molecule has 2 aliphatic heterocycles. The maximum absolute atomic E-state index is 14.7. The predicted molar refractivity (Wildman–Crippen MR) is 140 cm³/mol. The normalized spacial score (nSPS) is 20.9. The van der Waals surface area contributed by atoms with E-state index in [0.29, 0.717) is 11.1 Å². The maximum Gasteiger partial charge on any atom is 0.254 e. The van der Waals surface area contributed by atoms with Crippen LogP contribution in [0, 0.1) is 17.1 Å². The van der Waals surface area contributed by atoms with Crippen molar-refractivity contribution in [3.05, 3.63) is 95.8 Å². The lowest BCUT2D eigenvalue weighted by molar-refractivity contribution is 0.0575. The number of nitrogens with zero attached hydrogens (tertiary/aromatic N) is 2. The molecule has 4 nitrogen and oxygen atoms in total. The van der Waals surface area contributed by atoms with Gasteiger partial charge in [0.05, 0.1) is 5.56 Å². The number of nitrogens with two attached hydrogens (primary N) is 1. The summed E-state index contributed by atoms with van der Waals surface area (Å²) in [7, 11) is 0. The minimum Gasteiger partial charge on any atom is -0.333 e. The fourth-order valence-electron chi connectivity index (χ4n) is 6.00. The summed E-state index contributed by atoms with van der Waals surface area (Å²) in [5.74, 6) is -0.561. The molecule has 1 amide bonds. The van der Waals surface area contributed by atoms with Crippen LogP contribution in [0.2, 0.25) is 0 Å². The summed E-state index contributed by atoms with van der Waals surface area (Å²) in [5.41, 5.74) is 10.1. The molecular formula is C31H26FN3O. The van der Waals surface area contributed by atoms with E-state index in [1.54, 1.807) is 6.07 Å². The molecule has 2 atom stereocenters. The van der Waals surface area contributed by atoms with Gasteiger partial charge in [-0.2, -0.15) is 5.26 Å². The Morgan fingerprint density at radius 3 is 2.28 bits per heavy atom. The fraction of sp³-hybridized carbons (Fsp3) is 0.226. The van der Waals surface area contributed by atoms with Crippen molar-refractivity contribution in [2.75, 3.05) is 0 Å². The zero-order valence-electron chi connectivity index (χ0n) is 19.8. The number of nitriles is 1. The summed E-state index contributed by atoms with van der Waals surface area (Å²) < 4.78 is 14.7. The number of hydrogen-bond donors (Lipinski definition) is 1. The molecule has 0 aromatic heterocycles. The van der Waals surface area contributed by atoms with Gasteiger partial charge in [-0.1, -0.05) is 48.5 Å². The SMILES string of the molecule is N#Cc1ccc(-c2cc(C(=O)N3C4CCC3CC(N)C4)ccc2-c2ccc3ccccc3c2)cc1F. The third-order valence-corrected chi connectivity index (χ3v) is 7.73. The first-order valence-electron chi connectivity index (χ1n) is 12.4. The molecule has 5 heteroatoms. The van der Waals surface area contributed by atoms with Gasteiger partial charge >= 0.3 is 0 Å². The van der Waals surface area contributed by atoms with Crippen LogP contribution in [0.15, 0.2) is 78.9 Å². The van der Waals surface area contributed by atoms with Crippen LogP contribution in [0.1, 0.15) is 41.6 Å². The molecule has 2 fully saturated rings. The third kappa shape index (κ3) is 3.84. The van der Waals surface area contributed by atoms with Gasteiger partial charge < -0.3 is 10.6 Å². The van der Waals surface area contributed by atoms with E-state index in [4.69, 9.17) is 5.73 Å². The monoisotopic (exact) mass is 475 g/mol. The van der Waals surface area contributed by atoms with Gasteiger partial charge in [0.25, 0.3) is 5.91 Å². The highest BCUT2D eigenvalue weighted by molar-refractivity contribution is 5.99. The van der Waals surface area contributed by atoms with Gasteiger partial charge in [-0.3, -0.25) is 4.79 Å². The van der Waals surface area contributed by atoms with E-state index in [1.807, 2.05) is 41.3 Å². The highest BCUT2D eigenvalue weighted by Gasteiger charge is 2.42. The standard InChI is InChI=1S/C31H26FN3O/c32-30-15-22(7-8-24(30)18-33)29-14-23(31(36)35-26-10-11-27(35)17-25(34)16-26)9-12-28(29)21-6-5-19-3-1-2-4-20(19)13-21/h1-9,12-15,25-27H,10-11,16-17,34H2. The molecular weight excluding hydrogens is 449 g/mol. The first-order valence-corrected chi connectivity index (χ1v) is 12.4. The van der Waals surface area contributed by atoms with Crippen molar-refractivity contribution in [1.82, 2.24) is 4.90 Å². The van der Waals surface area contributed by atoms with Gasteiger partial charge in [-0.15, -0.1) is 0 Å². The van der Waals surface area contributed by atoms with Crippen molar-refractivity contribution < 1.29 is 9.18 Å². The zero-order valence-corrected chi connectivity index (χ0v) is 19.8. The van der Waals surface area contributed by atoms with Crippen molar-refractivity contribution >= 4 is 16.7 Å². The van der Waals surface area contributed by atoms with Gasteiger partial charge in [0, 0.05) is 23.7 Å². The van der Waals surface area contributed by atoms with Gasteiger partial charge in [0.15, 0.2) is 0 Å². The lowest BCUT2D eigenvalue weighted by Crippen LogP contribution is -2.50. The third-order valence-electron chi connectivity index (χ3n) is 7.73. The van der Waals surface area contributed by atoms with Crippen LogP contribution in [-0.2, 0) is 0 Å². The van der Waals surface area contributed by atoms with E-state index >= 15 is 0 Å². The predicted octanol–water partition coefficient (Wildman–Crippen LogP) is 6.28. The maximum atomic E-state index is 14.7. The Balaban J connectivity index is 1.47. The number of fused-ring (bicyclic) bond motifs is 3. The summed E-state index contributed by atoms with van der Waals surface area (Å²) in [6, 6.07) is 27.1. The number of amides is 1. The molecule has 2 heterocycles. The van der Waals surface area contributed by atoms with E-state index in [0.717, 1.165) is 53.1 Å². The molecule has 2 bridgehead atoms. The van der Waals surface area contributed by atoms with Gasteiger partial charge in [0.1, 0.15) is 11.9 Å². The van der Waals surface area contributed by atoms with Crippen LogP contribution in [0.4, 0.5) is 4.39 Å². The van der Waals surface area contributed by atoms with Gasteiger partial charge in [-0.05, 0) is 89.0 Å². The molecule has 2 unspecified atom stereocenters. The van der Waals surface area contributed by atoms with Crippen molar-refractivity contribution in [3.63, 3.8) is 0 Å². The summed E-state index contributed by atoms with van der Waals surface area (Å²) in [6.45, 7) is 0. The molecule has 4 aromatic carbocycles. The van der Waals surface area contributed by atoms with E-state index in [2.05, 4.69) is 30.3 Å². The van der Waals surface area contributed by atoms with Crippen LogP contribution in [-0.4, -0.2) is 28.9 Å². The second-order valence-corrected chi connectivity index (χ2v) is 9.96. The topological polar surface area (TPSA) is 70.1 Å². The van der Waals surface area contributed by atoms with Crippen LogP contribution in [0.3, 0.4) is 0 Å². The number of carbonyl (C=O) groups is 1. The molecule has 178 valence electrons. The minimum atomic E-state index is -0.570. The van der Waals surface area contributed by atoms with Crippen molar-refractivity contribution in [1.29, 1.82) is 5.26 Å². The smallest absolute Gasteiger partial charge is 0.254 e. The first kappa shape index (κ1) is 22.5. The average molecular weight is 476 g/mol. The molecule has 4 aromatic rings. The number of halogens is 1. The van der Waals surface area contributed by atoms with E-state index in [9.17, 15) is 14.4 Å². The number of piperidine rings is 1. The Morgan fingerprint density at radius 1 is 0.861 bits per heavy atom. The quantitative estimate of drug-likeness (QED) is 0.379. The first-order chi connectivity index (χ1) is 17.5. The molecule has 2 N–H and O–H groups in total. The van der Waals surface area contributed by atoms with Gasteiger partial charge in [-0.25, -0.2) is 4.39 Å². The molecule has 0 radical (unpaired) electrons. The lowest BCUT2D eigenvalue weighted by atomic mass is 9.90. The molecule has 0 spiro atoms.